The number of anilines is 2. The third-order valence-electron chi connectivity index (χ3n) is 4.11. The Kier molecular flexibility index (Phi) is 6.01. The molecule has 1 aliphatic rings. The van der Waals surface area contributed by atoms with Gasteiger partial charge >= 0.3 is 0 Å². The SMILES string of the molecule is Cc1cc(C)cc(NC(=O)CS[C@H]2CC(=O)N(c3ccc(Br)cc3)C2=O)c1. The highest BCUT2D eigenvalue weighted by atomic mass is 79.9. The molecule has 0 bridgehead atoms. The smallest absolute Gasteiger partial charge is 0.247 e. The normalized spacial score (nSPS) is 16.7. The van der Waals surface area contributed by atoms with Gasteiger partial charge < -0.3 is 5.32 Å². The summed E-state index contributed by atoms with van der Waals surface area (Å²) in [6, 6.07) is 12.8. The lowest BCUT2D eigenvalue weighted by Gasteiger charge is -2.15. The summed E-state index contributed by atoms with van der Waals surface area (Å²) in [4.78, 5) is 38.3. The van der Waals surface area contributed by atoms with Crippen LogP contribution in [0.25, 0.3) is 0 Å². The molecule has 3 amide bonds. The number of hydrogen-bond donors (Lipinski definition) is 1. The third-order valence-corrected chi connectivity index (χ3v) is 5.84. The Morgan fingerprint density at radius 2 is 1.78 bits per heavy atom. The van der Waals surface area contributed by atoms with E-state index in [0.29, 0.717) is 5.69 Å². The minimum Gasteiger partial charge on any atom is -0.325 e. The number of imide groups is 1. The van der Waals surface area contributed by atoms with Crippen molar-refractivity contribution < 1.29 is 14.4 Å². The highest BCUT2D eigenvalue weighted by Gasteiger charge is 2.40. The van der Waals surface area contributed by atoms with Crippen LogP contribution in [0.4, 0.5) is 11.4 Å². The monoisotopic (exact) mass is 446 g/mol. The molecule has 0 unspecified atom stereocenters. The molecule has 7 heteroatoms. The summed E-state index contributed by atoms with van der Waals surface area (Å²) in [7, 11) is 0. The number of halogens is 1. The Bertz CT molecular complexity index is 878. The van der Waals surface area contributed by atoms with Gasteiger partial charge in [0.15, 0.2) is 0 Å². The summed E-state index contributed by atoms with van der Waals surface area (Å²) in [5.41, 5.74) is 3.43. The van der Waals surface area contributed by atoms with E-state index in [-0.39, 0.29) is 29.9 Å². The van der Waals surface area contributed by atoms with Gasteiger partial charge in [-0.2, -0.15) is 0 Å². The van der Waals surface area contributed by atoms with Crippen LogP contribution in [-0.4, -0.2) is 28.7 Å². The number of thioether (sulfide) groups is 1. The van der Waals surface area contributed by atoms with Crippen LogP contribution in [0, 0.1) is 13.8 Å². The minimum absolute atomic E-state index is 0.108. The van der Waals surface area contributed by atoms with Crippen LogP contribution in [0.2, 0.25) is 0 Å². The van der Waals surface area contributed by atoms with Crippen LogP contribution in [-0.2, 0) is 14.4 Å². The van der Waals surface area contributed by atoms with Crippen LogP contribution in [0.1, 0.15) is 17.5 Å². The minimum atomic E-state index is -0.536. The first-order chi connectivity index (χ1) is 12.8. The zero-order chi connectivity index (χ0) is 19.6. The van der Waals surface area contributed by atoms with E-state index in [2.05, 4.69) is 21.2 Å². The first-order valence-electron chi connectivity index (χ1n) is 8.45. The number of amides is 3. The second kappa shape index (κ2) is 8.27. The van der Waals surface area contributed by atoms with Gasteiger partial charge in [0.05, 0.1) is 16.7 Å². The lowest BCUT2D eigenvalue weighted by Crippen LogP contribution is -2.31. The zero-order valence-corrected chi connectivity index (χ0v) is 17.4. The van der Waals surface area contributed by atoms with Crippen molar-refractivity contribution in [2.75, 3.05) is 16.0 Å². The Morgan fingerprint density at radius 1 is 1.15 bits per heavy atom. The first kappa shape index (κ1) is 19.6. The summed E-state index contributed by atoms with van der Waals surface area (Å²) in [5, 5.41) is 2.31. The van der Waals surface area contributed by atoms with Crippen molar-refractivity contribution in [3.63, 3.8) is 0 Å². The standard InChI is InChI=1S/C20H19BrN2O3S/c1-12-7-13(2)9-15(8-12)22-18(24)11-27-17-10-19(25)23(20(17)26)16-5-3-14(21)4-6-16/h3-9,17H,10-11H2,1-2H3,(H,22,24)/t17-/m0/s1. The molecule has 2 aromatic carbocycles. The van der Waals surface area contributed by atoms with Crippen LogP contribution < -0.4 is 10.2 Å². The van der Waals surface area contributed by atoms with E-state index >= 15 is 0 Å². The number of nitrogens with one attached hydrogen (secondary N) is 1. The molecular formula is C20H19BrN2O3S. The molecule has 0 radical (unpaired) electrons. The van der Waals surface area contributed by atoms with Gasteiger partial charge in [0.1, 0.15) is 0 Å². The molecule has 2 aromatic rings. The molecule has 0 spiro atoms. The molecule has 1 aliphatic heterocycles. The van der Waals surface area contributed by atoms with Crippen LogP contribution in [0.5, 0.6) is 0 Å². The van der Waals surface area contributed by atoms with Gasteiger partial charge in [0.2, 0.25) is 17.7 Å². The van der Waals surface area contributed by atoms with Crippen LogP contribution >= 0.6 is 27.7 Å². The van der Waals surface area contributed by atoms with E-state index in [0.717, 1.165) is 21.3 Å². The quantitative estimate of drug-likeness (QED) is 0.702. The number of hydrogen-bond acceptors (Lipinski definition) is 4. The van der Waals surface area contributed by atoms with Gasteiger partial charge in [0.25, 0.3) is 0 Å². The fourth-order valence-corrected chi connectivity index (χ4v) is 4.21. The lowest BCUT2D eigenvalue weighted by molar-refractivity contribution is -0.121. The molecule has 1 heterocycles. The summed E-state index contributed by atoms with van der Waals surface area (Å²) in [5.74, 6) is -0.585. The van der Waals surface area contributed by atoms with Gasteiger partial charge in [-0.25, -0.2) is 4.90 Å². The van der Waals surface area contributed by atoms with Gasteiger partial charge in [-0.1, -0.05) is 22.0 Å². The molecule has 0 aromatic heterocycles. The average molecular weight is 447 g/mol. The molecule has 140 valence electrons. The second-order valence-corrected chi connectivity index (χ2v) is 8.58. The van der Waals surface area contributed by atoms with E-state index in [4.69, 9.17) is 0 Å². The van der Waals surface area contributed by atoms with Crippen molar-refractivity contribution in [2.45, 2.75) is 25.5 Å². The molecule has 5 nitrogen and oxygen atoms in total. The third kappa shape index (κ3) is 4.78. The molecule has 1 atom stereocenters. The van der Waals surface area contributed by atoms with E-state index in [1.165, 1.54) is 16.7 Å². The highest BCUT2D eigenvalue weighted by molar-refractivity contribution is 9.10. The number of nitrogens with zero attached hydrogens (tertiary/aromatic N) is 1. The van der Waals surface area contributed by atoms with Crippen molar-refractivity contribution in [3.8, 4) is 0 Å². The van der Waals surface area contributed by atoms with Crippen molar-refractivity contribution in [1.82, 2.24) is 0 Å². The summed E-state index contributed by atoms with van der Waals surface area (Å²) < 4.78 is 0.874. The van der Waals surface area contributed by atoms with Crippen molar-refractivity contribution >= 4 is 56.8 Å². The van der Waals surface area contributed by atoms with Crippen molar-refractivity contribution in [2.24, 2.45) is 0 Å². The number of benzene rings is 2. The fraction of sp³-hybridized carbons (Fsp3) is 0.250. The van der Waals surface area contributed by atoms with E-state index in [1.807, 2.05) is 32.0 Å². The molecule has 1 saturated heterocycles. The Balaban J connectivity index is 1.59. The predicted molar refractivity (Wildman–Crippen MR) is 112 cm³/mol. The summed E-state index contributed by atoms with van der Waals surface area (Å²) >= 11 is 4.54. The zero-order valence-electron chi connectivity index (χ0n) is 15.0. The van der Waals surface area contributed by atoms with E-state index < -0.39 is 5.25 Å². The molecule has 1 fully saturated rings. The topological polar surface area (TPSA) is 66.5 Å². The maximum absolute atomic E-state index is 12.6. The Labute approximate surface area is 170 Å². The maximum atomic E-state index is 12.6. The van der Waals surface area contributed by atoms with Gasteiger partial charge in [-0.3, -0.25) is 14.4 Å². The Morgan fingerprint density at radius 3 is 2.41 bits per heavy atom. The molecule has 1 N–H and O–H groups in total. The van der Waals surface area contributed by atoms with Crippen LogP contribution in [0.15, 0.2) is 46.9 Å². The molecule has 0 aliphatic carbocycles. The lowest BCUT2D eigenvalue weighted by atomic mass is 10.1. The molecule has 3 rings (SSSR count). The highest BCUT2D eigenvalue weighted by Crippen LogP contribution is 2.30. The number of carbonyl (C=O) groups is 3. The number of aryl methyl sites for hydroxylation is 2. The average Bonchev–Trinajstić information content (AvgIpc) is 2.87. The van der Waals surface area contributed by atoms with Crippen molar-refractivity contribution in [3.05, 3.63) is 58.1 Å². The van der Waals surface area contributed by atoms with Gasteiger partial charge in [0, 0.05) is 16.6 Å². The fourth-order valence-electron chi connectivity index (χ4n) is 3.02. The van der Waals surface area contributed by atoms with Gasteiger partial charge in [-0.05, 0) is 61.4 Å². The Hall–Kier alpha value is -2.12. The largest absolute Gasteiger partial charge is 0.325 e. The van der Waals surface area contributed by atoms with E-state index in [9.17, 15) is 14.4 Å². The van der Waals surface area contributed by atoms with Crippen LogP contribution in [0.3, 0.4) is 0 Å². The van der Waals surface area contributed by atoms with Crippen molar-refractivity contribution in [1.29, 1.82) is 0 Å². The second-order valence-electron chi connectivity index (χ2n) is 6.47. The molecular weight excluding hydrogens is 428 g/mol. The first-order valence-corrected chi connectivity index (χ1v) is 10.3. The number of rotatable bonds is 5. The number of carbonyl (C=O) groups excluding carboxylic acids is 3. The summed E-state index contributed by atoms with van der Waals surface area (Å²) in [6.07, 6.45) is 0.108. The molecule has 0 saturated carbocycles. The van der Waals surface area contributed by atoms with Gasteiger partial charge in [-0.15, -0.1) is 11.8 Å². The van der Waals surface area contributed by atoms with E-state index in [1.54, 1.807) is 24.3 Å². The maximum Gasteiger partial charge on any atom is 0.247 e. The predicted octanol–water partition coefficient (Wildman–Crippen LogP) is 4.07. The summed E-state index contributed by atoms with van der Waals surface area (Å²) in [6.45, 7) is 3.94. The molecule has 27 heavy (non-hydrogen) atoms.